The Kier molecular flexibility index (Phi) is 7.81. The summed E-state index contributed by atoms with van der Waals surface area (Å²) in [5, 5.41) is 7.77. The van der Waals surface area contributed by atoms with Crippen molar-refractivity contribution < 1.29 is 19.1 Å². The van der Waals surface area contributed by atoms with E-state index in [-0.39, 0.29) is 18.4 Å². The number of ether oxygens (including phenoxy) is 1. The molecule has 1 aromatic carbocycles. The predicted molar refractivity (Wildman–Crippen MR) is 108 cm³/mol. The van der Waals surface area contributed by atoms with Crippen LogP contribution in [0, 0.1) is 0 Å². The molecule has 1 heterocycles. The first-order valence-electron chi connectivity index (χ1n) is 8.25. The number of hydrogen-bond acceptors (Lipinski definition) is 5. The van der Waals surface area contributed by atoms with Gasteiger partial charge in [0, 0.05) is 5.69 Å². The number of carbonyl (C=O) groups excluding carboxylic acids is 3. The molecule has 7 nitrogen and oxygen atoms in total. The van der Waals surface area contributed by atoms with E-state index in [4.69, 9.17) is 4.74 Å². The Morgan fingerprint density at radius 1 is 1.15 bits per heavy atom. The summed E-state index contributed by atoms with van der Waals surface area (Å²) in [6.07, 6.45) is 0. The van der Waals surface area contributed by atoms with Gasteiger partial charge in [-0.2, -0.15) is 0 Å². The van der Waals surface area contributed by atoms with Gasteiger partial charge in [-0.25, -0.2) is 0 Å². The molecule has 3 N–H and O–H groups in total. The minimum atomic E-state index is -0.767. The molecule has 0 aliphatic carbocycles. The molecule has 1 atom stereocenters. The van der Waals surface area contributed by atoms with Crippen molar-refractivity contribution in [1.82, 2.24) is 10.6 Å². The predicted octanol–water partition coefficient (Wildman–Crippen LogP) is 2.78. The summed E-state index contributed by atoms with van der Waals surface area (Å²) >= 11 is 4.56. The highest BCUT2D eigenvalue weighted by Gasteiger charge is 2.18. The van der Waals surface area contributed by atoms with E-state index in [1.54, 1.807) is 43.3 Å². The number of nitrogens with one attached hydrogen (secondary N) is 3. The first-order valence-corrected chi connectivity index (χ1v) is 9.86. The summed E-state index contributed by atoms with van der Waals surface area (Å²) in [7, 11) is 0. The van der Waals surface area contributed by atoms with Crippen molar-refractivity contribution in [1.29, 1.82) is 0 Å². The fourth-order valence-electron chi connectivity index (χ4n) is 2.10. The first-order chi connectivity index (χ1) is 12.9. The van der Waals surface area contributed by atoms with Crippen molar-refractivity contribution in [3.8, 4) is 5.75 Å². The van der Waals surface area contributed by atoms with Crippen molar-refractivity contribution in [3.63, 3.8) is 0 Å². The second-order valence-corrected chi connectivity index (χ2v) is 7.99. The van der Waals surface area contributed by atoms with Crippen LogP contribution in [0.25, 0.3) is 0 Å². The molecule has 2 rings (SSSR count). The lowest BCUT2D eigenvalue weighted by Crippen LogP contribution is -2.46. The molecule has 0 fully saturated rings. The van der Waals surface area contributed by atoms with Crippen LogP contribution < -0.4 is 20.7 Å². The Morgan fingerprint density at radius 3 is 2.44 bits per heavy atom. The van der Waals surface area contributed by atoms with Crippen LogP contribution in [0.3, 0.4) is 0 Å². The van der Waals surface area contributed by atoms with Crippen LogP contribution in [0.1, 0.15) is 23.5 Å². The van der Waals surface area contributed by atoms with E-state index in [0.29, 0.717) is 22.9 Å². The number of benzene rings is 1. The van der Waals surface area contributed by atoms with Gasteiger partial charge in [0.15, 0.2) is 0 Å². The van der Waals surface area contributed by atoms with Crippen LogP contribution in [0.4, 0.5) is 5.69 Å². The summed E-state index contributed by atoms with van der Waals surface area (Å²) < 4.78 is 6.16. The van der Waals surface area contributed by atoms with Gasteiger partial charge in [-0.1, -0.05) is 0 Å². The van der Waals surface area contributed by atoms with Crippen molar-refractivity contribution in [3.05, 3.63) is 45.1 Å². The molecule has 144 valence electrons. The van der Waals surface area contributed by atoms with E-state index in [9.17, 15) is 14.4 Å². The highest BCUT2D eigenvalue weighted by molar-refractivity contribution is 9.11. The molecule has 0 aliphatic rings. The van der Waals surface area contributed by atoms with E-state index in [2.05, 4.69) is 31.9 Å². The smallest absolute Gasteiger partial charge is 0.262 e. The van der Waals surface area contributed by atoms with E-state index < -0.39 is 11.9 Å². The Balaban J connectivity index is 1.76. The average Bonchev–Trinajstić information content (AvgIpc) is 3.08. The minimum Gasteiger partial charge on any atom is -0.494 e. The molecule has 1 aromatic heterocycles. The quantitative estimate of drug-likeness (QED) is 0.572. The van der Waals surface area contributed by atoms with Crippen LogP contribution >= 0.6 is 27.3 Å². The van der Waals surface area contributed by atoms with Gasteiger partial charge in [0.2, 0.25) is 11.8 Å². The molecule has 0 spiro atoms. The number of halogens is 1. The Morgan fingerprint density at radius 2 is 1.85 bits per heavy atom. The van der Waals surface area contributed by atoms with Crippen molar-refractivity contribution in [2.45, 2.75) is 19.9 Å². The van der Waals surface area contributed by atoms with Crippen LogP contribution in [0.2, 0.25) is 0 Å². The molecule has 0 saturated carbocycles. The van der Waals surface area contributed by atoms with Crippen molar-refractivity contribution in [2.24, 2.45) is 0 Å². The van der Waals surface area contributed by atoms with E-state index in [1.165, 1.54) is 11.3 Å². The van der Waals surface area contributed by atoms with Crippen LogP contribution in [-0.2, 0) is 9.59 Å². The van der Waals surface area contributed by atoms with Gasteiger partial charge in [0.05, 0.1) is 21.8 Å². The molecule has 0 bridgehead atoms. The van der Waals surface area contributed by atoms with Gasteiger partial charge >= 0.3 is 0 Å². The Bertz CT molecular complexity index is 807. The van der Waals surface area contributed by atoms with Gasteiger partial charge in [0.1, 0.15) is 11.8 Å². The largest absolute Gasteiger partial charge is 0.494 e. The maximum absolute atomic E-state index is 12.1. The maximum atomic E-state index is 12.1. The monoisotopic (exact) mass is 453 g/mol. The molecule has 2 aromatic rings. The summed E-state index contributed by atoms with van der Waals surface area (Å²) in [6.45, 7) is 3.81. The zero-order valence-electron chi connectivity index (χ0n) is 14.9. The van der Waals surface area contributed by atoms with Crippen LogP contribution in [0.15, 0.2) is 40.2 Å². The molecule has 0 saturated heterocycles. The number of amides is 3. The zero-order chi connectivity index (χ0) is 19.8. The number of hydrogen-bond donors (Lipinski definition) is 3. The first kappa shape index (κ1) is 20.9. The van der Waals surface area contributed by atoms with Gasteiger partial charge in [-0.05, 0) is 66.2 Å². The lowest BCUT2D eigenvalue weighted by Gasteiger charge is -2.13. The van der Waals surface area contributed by atoms with Gasteiger partial charge in [-0.3, -0.25) is 14.4 Å². The second kappa shape index (κ2) is 10.1. The lowest BCUT2D eigenvalue weighted by molar-refractivity contribution is -0.125. The minimum absolute atomic E-state index is 0.198. The summed E-state index contributed by atoms with van der Waals surface area (Å²) in [5.41, 5.74) is 0.599. The number of anilines is 1. The number of rotatable bonds is 8. The summed E-state index contributed by atoms with van der Waals surface area (Å²) in [4.78, 5) is 36.5. The third-order valence-electron chi connectivity index (χ3n) is 3.41. The zero-order valence-corrected chi connectivity index (χ0v) is 17.3. The fourth-order valence-corrected chi connectivity index (χ4v) is 3.39. The molecule has 0 aliphatic heterocycles. The molecule has 9 heteroatoms. The van der Waals surface area contributed by atoms with Gasteiger partial charge in [0.25, 0.3) is 5.91 Å². The van der Waals surface area contributed by atoms with Gasteiger partial charge in [-0.15, -0.1) is 11.3 Å². The Labute approximate surface area is 169 Å². The summed E-state index contributed by atoms with van der Waals surface area (Å²) in [6, 6.07) is 9.58. The molecule has 3 amide bonds. The van der Waals surface area contributed by atoms with E-state index in [0.717, 1.165) is 3.79 Å². The van der Waals surface area contributed by atoms with Crippen molar-refractivity contribution in [2.75, 3.05) is 18.5 Å². The second-order valence-electron chi connectivity index (χ2n) is 5.52. The summed E-state index contributed by atoms with van der Waals surface area (Å²) in [5.74, 6) is -0.438. The molecular formula is C18H20BrN3O4S. The standard InChI is InChI=1S/C18H20BrN3O4S/c1-3-26-13-6-4-12(5-7-13)22-16(23)10-20-17(24)11(2)21-18(25)14-8-9-15(19)27-14/h4-9,11H,3,10H2,1-2H3,(H,20,24)(H,21,25)(H,22,23). The number of carbonyl (C=O) groups is 3. The molecular weight excluding hydrogens is 434 g/mol. The average molecular weight is 454 g/mol. The SMILES string of the molecule is CCOc1ccc(NC(=O)CNC(=O)C(C)NC(=O)c2ccc(Br)s2)cc1. The molecule has 0 radical (unpaired) electrons. The molecule has 1 unspecified atom stereocenters. The van der Waals surface area contributed by atoms with Crippen LogP contribution in [-0.4, -0.2) is 36.9 Å². The van der Waals surface area contributed by atoms with Gasteiger partial charge < -0.3 is 20.7 Å². The highest BCUT2D eigenvalue weighted by Crippen LogP contribution is 2.21. The Hall–Kier alpha value is -2.39. The molecule has 27 heavy (non-hydrogen) atoms. The van der Waals surface area contributed by atoms with Crippen molar-refractivity contribution >= 4 is 50.7 Å². The highest BCUT2D eigenvalue weighted by atomic mass is 79.9. The normalized spacial score (nSPS) is 11.4. The third-order valence-corrected chi connectivity index (χ3v) is 5.03. The third kappa shape index (κ3) is 6.69. The van der Waals surface area contributed by atoms with Crippen LogP contribution in [0.5, 0.6) is 5.75 Å². The topological polar surface area (TPSA) is 96.5 Å². The fraction of sp³-hybridized carbons (Fsp3) is 0.278. The maximum Gasteiger partial charge on any atom is 0.262 e. The number of thiophene rings is 1. The van der Waals surface area contributed by atoms with E-state index >= 15 is 0 Å². The lowest BCUT2D eigenvalue weighted by atomic mass is 10.3. The van der Waals surface area contributed by atoms with E-state index in [1.807, 2.05) is 6.92 Å².